The molecule has 1 atom stereocenters. The van der Waals surface area contributed by atoms with Gasteiger partial charge in [-0.25, -0.2) is 9.71 Å². The second kappa shape index (κ2) is 8.47. The summed E-state index contributed by atoms with van der Waals surface area (Å²) in [7, 11) is 0. The number of alkyl halides is 3. The van der Waals surface area contributed by atoms with E-state index in [1.807, 2.05) is 0 Å². The topological polar surface area (TPSA) is 92.0 Å². The van der Waals surface area contributed by atoms with Crippen LogP contribution in [0.1, 0.15) is 34.4 Å². The SMILES string of the molecule is Cc1c(SNC(C)OC(F)(F)F)c2n(c1C(=O)Nc1cc(F)nc(C#N)c1)CC=C2. The highest BCUT2D eigenvalue weighted by molar-refractivity contribution is 7.97. The maximum atomic E-state index is 13.5. The van der Waals surface area contributed by atoms with Crippen molar-refractivity contribution in [3.05, 3.63) is 46.8 Å². The van der Waals surface area contributed by atoms with Crippen LogP contribution in [-0.4, -0.2) is 28.0 Å². The van der Waals surface area contributed by atoms with E-state index >= 15 is 0 Å². The molecule has 0 fully saturated rings. The molecule has 1 aliphatic heterocycles. The first-order chi connectivity index (χ1) is 14.1. The summed E-state index contributed by atoms with van der Waals surface area (Å²) in [6.07, 6.45) is -2.55. The Labute approximate surface area is 172 Å². The number of amides is 1. The zero-order valence-corrected chi connectivity index (χ0v) is 16.5. The highest BCUT2D eigenvalue weighted by atomic mass is 32.2. The molecule has 1 unspecified atom stereocenters. The number of rotatable bonds is 6. The van der Waals surface area contributed by atoms with Crippen LogP contribution in [0.5, 0.6) is 0 Å². The quantitative estimate of drug-likeness (QED) is 0.305. The van der Waals surface area contributed by atoms with E-state index in [0.29, 0.717) is 22.7 Å². The van der Waals surface area contributed by atoms with Crippen LogP contribution in [0.25, 0.3) is 6.08 Å². The molecule has 1 aliphatic rings. The van der Waals surface area contributed by atoms with Crippen LogP contribution in [0, 0.1) is 24.2 Å². The van der Waals surface area contributed by atoms with E-state index in [9.17, 15) is 22.4 Å². The molecule has 0 radical (unpaired) electrons. The molecule has 3 heterocycles. The number of carbonyl (C=O) groups excluding carboxylic acids is 1. The Morgan fingerprint density at radius 3 is 2.83 bits per heavy atom. The van der Waals surface area contributed by atoms with Crippen molar-refractivity contribution in [2.45, 2.75) is 37.9 Å². The summed E-state index contributed by atoms with van der Waals surface area (Å²) in [5.41, 5.74) is 1.30. The molecule has 0 saturated carbocycles. The lowest BCUT2D eigenvalue weighted by Crippen LogP contribution is -2.30. The molecule has 0 saturated heterocycles. The number of nitrogens with one attached hydrogen (secondary N) is 2. The van der Waals surface area contributed by atoms with E-state index in [1.165, 1.54) is 13.0 Å². The molecule has 3 rings (SSSR count). The largest absolute Gasteiger partial charge is 0.524 e. The standard InChI is InChI=1S/C18H15F4N5O2S/c1-9-15(17(28)25-11-6-12(8-23)24-14(19)7-11)27-5-3-4-13(27)16(9)30-26-10(2)29-18(20,21)22/h3-4,6-7,10,26H,5H2,1-2H3,(H,24,25,28). The maximum Gasteiger partial charge on any atom is 0.524 e. The van der Waals surface area contributed by atoms with Gasteiger partial charge in [0.1, 0.15) is 23.7 Å². The Morgan fingerprint density at radius 1 is 1.43 bits per heavy atom. The minimum absolute atomic E-state index is 0.0597. The Bertz CT molecular complexity index is 1060. The number of nitriles is 1. The zero-order chi connectivity index (χ0) is 22.1. The molecule has 2 aromatic heterocycles. The summed E-state index contributed by atoms with van der Waals surface area (Å²) < 4.78 is 58.7. The van der Waals surface area contributed by atoms with Gasteiger partial charge in [0, 0.05) is 18.3 Å². The van der Waals surface area contributed by atoms with Crippen LogP contribution < -0.4 is 10.0 Å². The summed E-state index contributed by atoms with van der Waals surface area (Å²) in [5, 5.41) is 11.4. The molecule has 2 N–H and O–H groups in total. The van der Waals surface area contributed by atoms with Crippen LogP contribution in [-0.2, 0) is 11.3 Å². The predicted octanol–water partition coefficient (Wildman–Crippen LogP) is 3.96. The number of fused-ring (bicyclic) bond motifs is 1. The van der Waals surface area contributed by atoms with Gasteiger partial charge >= 0.3 is 6.36 Å². The second-order valence-corrected chi connectivity index (χ2v) is 7.10. The maximum absolute atomic E-state index is 13.5. The average molecular weight is 441 g/mol. The van der Waals surface area contributed by atoms with Gasteiger partial charge < -0.3 is 9.88 Å². The second-order valence-electron chi connectivity index (χ2n) is 6.26. The van der Waals surface area contributed by atoms with E-state index in [1.54, 1.807) is 29.7 Å². The first-order valence-corrected chi connectivity index (χ1v) is 9.36. The number of carbonyl (C=O) groups is 1. The fourth-order valence-corrected chi connectivity index (χ4v) is 3.84. The van der Waals surface area contributed by atoms with Gasteiger partial charge in [-0.05, 0) is 43.5 Å². The average Bonchev–Trinajstić information content (AvgIpc) is 3.18. The van der Waals surface area contributed by atoms with Gasteiger partial charge in [0.25, 0.3) is 5.91 Å². The fraction of sp³-hybridized carbons (Fsp3) is 0.278. The molecule has 158 valence electrons. The van der Waals surface area contributed by atoms with Gasteiger partial charge in [0.05, 0.1) is 10.6 Å². The van der Waals surface area contributed by atoms with Crippen molar-refractivity contribution < 1.29 is 27.1 Å². The van der Waals surface area contributed by atoms with Gasteiger partial charge in [-0.15, -0.1) is 13.2 Å². The van der Waals surface area contributed by atoms with Gasteiger partial charge in [-0.1, -0.05) is 6.08 Å². The lowest BCUT2D eigenvalue weighted by atomic mass is 10.2. The molecule has 2 aromatic rings. The normalized spacial score (nSPS) is 13.8. The van der Waals surface area contributed by atoms with E-state index in [-0.39, 0.29) is 17.1 Å². The van der Waals surface area contributed by atoms with Crippen molar-refractivity contribution >= 4 is 29.6 Å². The Balaban J connectivity index is 1.83. The van der Waals surface area contributed by atoms with Crippen molar-refractivity contribution in [3.63, 3.8) is 0 Å². The summed E-state index contributed by atoms with van der Waals surface area (Å²) in [4.78, 5) is 16.8. The van der Waals surface area contributed by atoms with E-state index in [0.717, 1.165) is 18.0 Å². The third kappa shape index (κ3) is 4.81. The molecular formula is C18H15F4N5O2S. The Kier molecular flexibility index (Phi) is 6.16. The summed E-state index contributed by atoms with van der Waals surface area (Å²) >= 11 is 0.914. The number of hydrogen-bond donors (Lipinski definition) is 2. The van der Waals surface area contributed by atoms with Crippen molar-refractivity contribution in [1.82, 2.24) is 14.3 Å². The number of ether oxygens (including phenoxy) is 1. The molecule has 30 heavy (non-hydrogen) atoms. The predicted molar refractivity (Wildman–Crippen MR) is 101 cm³/mol. The third-order valence-corrected chi connectivity index (χ3v) is 5.24. The highest BCUT2D eigenvalue weighted by Gasteiger charge is 2.32. The van der Waals surface area contributed by atoms with E-state index < -0.39 is 24.4 Å². The van der Waals surface area contributed by atoms with E-state index in [2.05, 4.69) is 19.8 Å². The molecule has 7 nitrogen and oxygen atoms in total. The monoisotopic (exact) mass is 441 g/mol. The Hall–Kier alpha value is -2.88. The smallest absolute Gasteiger partial charge is 0.332 e. The van der Waals surface area contributed by atoms with Crippen LogP contribution in [0.3, 0.4) is 0 Å². The van der Waals surface area contributed by atoms with Crippen molar-refractivity contribution in [3.8, 4) is 6.07 Å². The van der Waals surface area contributed by atoms with E-state index in [4.69, 9.17) is 5.26 Å². The van der Waals surface area contributed by atoms with Gasteiger partial charge in [-0.2, -0.15) is 9.65 Å². The lowest BCUT2D eigenvalue weighted by Gasteiger charge is -2.16. The van der Waals surface area contributed by atoms with Gasteiger partial charge in [0.2, 0.25) is 5.95 Å². The van der Waals surface area contributed by atoms with Crippen molar-refractivity contribution in [2.75, 3.05) is 5.32 Å². The number of pyridine rings is 1. The summed E-state index contributed by atoms with van der Waals surface area (Å²) in [6, 6.07) is 3.91. The minimum Gasteiger partial charge on any atom is -0.332 e. The summed E-state index contributed by atoms with van der Waals surface area (Å²) in [5.74, 6) is -1.47. The number of halogens is 4. The van der Waals surface area contributed by atoms with Crippen molar-refractivity contribution in [1.29, 1.82) is 5.26 Å². The molecule has 0 aromatic carbocycles. The lowest BCUT2D eigenvalue weighted by molar-refractivity contribution is -0.341. The Morgan fingerprint density at radius 2 is 2.17 bits per heavy atom. The van der Waals surface area contributed by atoms with Gasteiger partial charge in [-0.3, -0.25) is 9.53 Å². The third-order valence-electron chi connectivity index (χ3n) is 4.07. The van der Waals surface area contributed by atoms with Crippen molar-refractivity contribution in [2.24, 2.45) is 0 Å². The molecule has 1 amide bonds. The first kappa shape index (κ1) is 21.8. The minimum atomic E-state index is -4.78. The van der Waals surface area contributed by atoms with Crippen LogP contribution in [0.4, 0.5) is 23.2 Å². The zero-order valence-electron chi connectivity index (χ0n) is 15.7. The molecule has 0 spiro atoms. The molecule has 0 bridgehead atoms. The first-order valence-electron chi connectivity index (χ1n) is 8.54. The van der Waals surface area contributed by atoms with Crippen LogP contribution in [0.15, 0.2) is 23.1 Å². The van der Waals surface area contributed by atoms with Crippen LogP contribution in [0.2, 0.25) is 0 Å². The highest BCUT2D eigenvalue weighted by Crippen LogP contribution is 2.35. The number of anilines is 1. The van der Waals surface area contributed by atoms with Crippen LogP contribution >= 0.6 is 11.9 Å². The number of allylic oxidation sites excluding steroid dienone is 1. The number of hydrogen-bond acceptors (Lipinski definition) is 6. The summed E-state index contributed by atoms with van der Waals surface area (Å²) in [6.45, 7) is 3.25. The number of nitrogens with zero attached hydrogens (tertiary/aromatic N) is 3. The van der Waals surface area contributed by atoms with Gasteiger partial charge in [0.15, 0.2) is 0 Å². The molecule has 0 aliphatic carbocycles. The fourth-order valence-electron chi connectivity index (χ4n) is 2.97. The molecule has 12 heteroatoms. The molecular weight excluding hydrogens is 426 g/mol. The number of aromatic nitrogens is 2.